The molecule has 2 saturated carbocycles. The summed E-state index contributed by atoms with van der Waals surface area (Å²) >= 11 is 0. The average Bonchev–Trinajstić information content (AvgIpc) is 3.02. The van der Waals surface area contributed by atoms with Gasteiger partial charge < -0.3 is 64.2 Å². The van der Waals surface area contributed by atoms with E-state index in [1.165, 1.54) is 14.0 Å². The summed E-state index contributed by atoms with van der Waals surface area (Å²) < 4.78 is 34.5. The van der Waals surface area contributed by atoms with Gasteiger partial charge in [-0.05, 0) is 38.0 Å². The van der Waals surface area contributed by atoms with Crippen LogP contribution in [0.15, 0.2) is 0 Å². The van der Waals surface area contributed by atoms with Crippen LogP contribution in [0.2, 0.25) is 0 Å². The van der Waals surface area contributed by atoms with Gasteiger partial charge in [0.05, 0.1) is 37.9 Å². The van der Waals surface area contributed by atoms with E-state index in [4.69, 9.17) is 28.4 Å². The number of aliphatic carboxylic acids is 1. The van der Waals surface area contributed by atoms with Crippen molar-refractivity contribution in [1.82, 2.24) is 0 Å². The lowest BCUT2D eigenvalue weighted by Gasteiger charge is -2.47. The molecule has 2 aliphatic heterocycles. The Kier molecular flexibility index (Phi) is 13.0. The van der Waals surface area contributed by atoms with E-state index < -0.39 is 110 Å². The van der Waals surface area contributed by atoms with E-state index in [0.717, 1.165) is 32.1 Å². The molecule has 4 rings (SSSR count). The molecular weight excluding hydrogens is 600 g/mol. The second-order valence-electron chi connectivity index (χ2n) is 13.0. The van der Waals surface area contributed by atoms with Crippen LogP contribution < -0.4 is 0 Å². The predicted molar refractivity (Wildman–Crippen MR) is 151 cm³/mol. The number of carboxylic acids is 1. The number of hydrogen-bond donors (Lipinski definition) is 7. The van der Waals surface area contributed by atoms with Gasteiger partial charge in [0.15, 0.2) is 18.7 Å². The Morgan fingerprint density at radius 3 is 2.11 bits per heavy atom. The Morgan fingerprint density at radius 1 is 0.822 bits per heavy atom. The van der Waals surface area contributed by atoms with E-state index in [0.29, 0.717) is 6.42 Å². The molecule has 0 bridgehead atoms. The quantitative estimate of drug-likeness (QED) is 0.134. The number of aliphatic hydroxyl groups is 6. The van der Waals surface area contributed by atoms with Crippen LogP contribution in [0, 0.1) is 17.8 Å². The summed E-state index contributed by atoms with van der Waals surface area (Å²) in [4.78, 5) is 24.7. The largest absolute Gasteiger partial charge is 0.479 e. The molecule has 0 amide bonds. The molecule has 0 aromatic heterocycles. The number of carbonyl (C=O) groups is 2. The number of hydrogen-bond acceptors (Lipinski definition) is 14. The number of carbonyl (C=O) groups excluding carboxylic acids is 1. The molecule has 260 valence electrons. The molecule has 2 saturated heterocycles. The zero-order chi connectivity index (χ0) is 33.0. The van der Waals surface area contributed by atoms with Crippen molar-refractivity contribution in [2.24, 2.45) is 17.8 Å². The molecule has 2 unspecified atom stereocenters. The first-order valence-corrected chi connectivity index (χ1v) is 15.9. The Hall–Kier alpha value is -1.50. The van der Waals surface area contributed by atoms with Crippen molar-refractivity contribution in [3.63, 3.8) is 0 Å². The van der Waals surface area contributed by atoms with Crippen molar-refractivity contribution in [2.75, 3.05) is 13.7 Å². The van der Waals surface area contributed by atoms with Gasteiger partial charge in [0.1, 0.15) is 42.7 Å². The number of carboxylic acid groups (broad SMARTS) is 1. The molecule has 7 N–H and O–H groups in total. The summed E-state index contributed by atoms with van der Waals surface area (Å²) in [6.07, 6.45) is -12.4. The van der Waals surface area contributed by atoms with Gasteiger partial charge in [0.2, 0.25) is 0 Å². The first-order chi connectivity index (χ1) is 21.4. The summed E-state index contributed by atoms with van der Waals surface area (Å²) in [5.74, 6) is -2.69. The third-order valence-corrected chi connectivity index (χ3v) is 9.73. The molecule has 45 heavy (non-hydrogen) atoms. The molecule has 15 heteroatoms. The molecule has 4 aliphatic rings. The zero-order valence-electron chi connectivity index (χ0n) is 26.0. The monoisotopic (exact) mass is 650 g/mol. The normalized spacial score (nSPS) is 43.8. The minimum absolute atomic E-state index is 0.0229. The molecule has 15 nitrogen and oxygen atoms in total. The van der Waals surface area contributed by atoms with Crippen LogP contribution in [0.3, 0.4) is 0 Å². The number of esters is 1. The fraction of sp³-hybridized carbons (Fsp3) is 0.933. The van der Waals surface area contributed by atoms with Crippen molar-refractivity contribution in [1.29, 1.82) is 0 Å². The number of methoxy groups -OCH3 is 1. The molecule has 0 spiro atoms. The number of aliphatic hydroxyl groups excluding tert-OH is 6. The minimum atomic E-state index is -1.71. The highest BCUT2D eigenvalue weighted by molar-refractivity contribution is 5.72. The van der Waals surface area contributed by atoms with Crippen LogP contribution in [0.25, 0.3) is 0 Å². The third-order valence-electron chi connectivity index (χ3n) is 9.73. The molecule has 15 atom stereocenters. The maximum absolute atomic E-state index is 12.6. The van der Waals surface area contributed by atoms with Crippen molar-refractivity contribution >= 4 is 11.9 Å². The summed E-state index contributed by atoms with van der Waals surface area (Å²) in [6.45, 7) is 2.58. The SMILES string of the molecule is COC(=O)C1C[C@H](C)[C@@H](OC2O[C@@H](C)[C@@H](O)[C@@H](O)[C@@H]2O)[C@H](O[C@@H]2O[C@H](CO)[C@H](O)[C@H](O[C@@H](CC3CCCCC3)C(=O)O)[C@H]2O)C1. The highest BCUT2D eigenvalue weighted by Crippen LogP contribution is 2.38. The first-order valence-electron chi connectivity index (χ1n) is 15.9. The van der Waals surface area contributed by atoms with Gasteiger partial charge in [0, 0.05) is 0 Å². The maximum atomic E-state index is 12.6. The predicted octanol–water partition coefficient (Wildman–Crippen LogP) is -0.949. The van der Waals surface area contributed by atoms with Gasteiger partial charge in [-0.3, -0.25) is 4.79 Å². The average molecular weight is 651 g/mol. The third kappa shape index (κ3) is 8.51. The summed E-state index contributed by atoms with van der Waals surface area (Å²) in [5, 5.41) is 73.2. The van der Waals surface area contributed by atoms with E-state index in [2.05, 4.69) is 0 Å². The Morgan fingerprint density at radius 2 is 1.49 bits per heavy atom. The summed E-state index contributed by atoms with van der Waals surface area (Å²) in [7, 11) is 1.25. The van der Waals surface area contributed by atoms with E-state index in [1.54, 1.807) is 6.92 Å². The van der Waals surface area contributed by atoms with Crippen LogP contribution in [-0.4, -0.2) is 141 Å². The standard InChI is InChI=1S/C30H50O15/c1-13-9-16(28(39)40-3)11-17(25(13)45-29-23(35)22(34)20(32)14(2)41-29)43-30-24(36)26(21(33)19(12-31)44-30)42-18(27(37)38)10-15-7-5-4-6-8-15/h13-26,29-36H,4-12H2,1-3H3,(H,37,38)/t13-,14-,16?,17+,18-,19+,20+,21-,22+,23-,24+,25+,26-,29?,30+/m0/s1. The van der Waals surface area contributed by atoms with Crippen LogP contribution >= 0.6 is 0 Å². The summed E-state index contributed by atoms with van der Waals surface area (Å²) in [6, 6.07) is 0. The fourth-order valence-electron chi connectivity index (χ4n) is 7.08. The lowest BCUT2D eigenvalue weighted by Crippen LogP contribution is -2.63. The van der Waals surface area contributed by atoms with Gasteiger partial charge in [-0.1, -0.05) is 39.0 Å². The second-order valence-corrected chi connectivity index (χ2v) is 13.0. The highest BCUT2D eigenvalue weighted by atomic mass is 16.7. The van der Waals surface area contributed by atoms with E-state index in [1.807, 2.05) is 0 Å². The Labute approximate surface area is 262 Å². The molecule has 0 aromatic rings. The smallest absolute Gasteiger partial charge is 0.332 e. The Bertz CT molecular complexity index is 962. The van der Waals surface area contributed by atoms with Gasteiger partial charge >= 0.3 is 11.9 Å². The van der Waals surface area contributed by atoms with Crippen LogP contribution in [-0.2, 0) is 38.0 Å². The van der Waals surface area contributed by atoms with Gasteiger partial charge in [-0.2, -0.15) is 0 Å². The van der Waals surface area contributed by atoms with E-state index in [-0.39, 0.29) is 18.8 Å². The fourth-order valence-corrected chi connectivity index (χ4v) is 7.08. The van der Waals surface area contributed by atoms with Crippen LogP contribution in [0.4, 0.5) is 0 Å². The molecule has 2 aliphatic carbocycles. The maximum Gasteiger partial charge on any atom is 0.332 e. The lowest BCUT2D eigenvalue weighted by atomic mass is 9.78. The molecule has 0 aromatic carbocycles. The number of rotatable bonds is 11. The minimum Gasteiger partial charge on any atom is -0.479 e. The van der Waals surface area contributed by atoms with Gasteiger partial charge in [-0.25, -0.2) is 4.79 Å². The van der Waals surface area contributed by atoms with Gasteiger partial charge in [0.25, 0.3) is 0 Å². The molecule has 4 fully saturated rings. The van der Waals surface area contributed by atoms with Crippen molar-refractivity contribution < 1.29 is 73.8 Å². The van der Waals surface area contributed by atoms with Crippen molar-refractivity contribution in [3.8, 4) is 0 Å². The van der Waals surface area contributed by atoms with Crippen LogP contribution in [0.5, 0.6) is 0 Å². The van der Waals surface area contributed by atoms with Crippen LogP contribution in [0.1, 0.15) is 65.2 Å². The Balaban J connectivity index is 1.54. The lowest BCUT2D eigenvalue weighted by molar-refractivity contribution is -0.350. The molecule has 0 radical (unpaired) electrons. The molecule has 2 heterocycles. The second kappa shape index (κ2) is 16.1. The zero-order valence-corrected chi connectivity index (χ0v) is 26.0. The topological polar surface area (TPSA) is 231 Å². The first kappa shape index (κ1) is 36.3. The van der Waals surface area contributed by atoms with Gasteiger partial charge in [-0.15, -0.1) is 0 Å². The van der Waals surface area contributed by atoms with E-state index >= 15 is 0 Å². The van der Waals surface area contributed by atoms with E-state index in [9.17, 15) is 45.3 Å². The highest BCUT2D eigenvalue weighted by Gasteiger charge is 2.52. The molecular formula is C30H50O15. The van der Waals surface area contributed by atoms with Crippen molar-refractivity contribution in [2.45, 2.75) is 145 Å². The number of ether oxygens (including phenoxy) is 6. The van der Waals surface area contributed by atoms with Crippen molar-refractivity contribution in [3.05, 3.63) is 0 Å². The summed E-state index contributed by atoms with van der Waals surface area (Å²) in [5.41, 5.74) is 0.